The summed E-state index contributed by atoms with van der Waals surface area (Å²) in [6, 6.07) is 2.48. The Morgan fingerprint density at radius 1 is 1.35 bits per heavy atom. The van der Waals surface area contributed by atoms with Crippen LogP contribution in [0.3, 0.4) is 0 Å². The molecule has 3 heteroatoms. The van der Waals surface area contributed by atoms with Crippen LogP contribution in [-0.2, 0) is 5.41 Å². The number of carbonyl (C=O) groups is 1. The van der Waals surface area contributed by atoms with Gasteiger partial charge in [-0.05, 0) is 30.4 Å². The first-order valence-corrected chi connectivity index (χ1v) is 7.49. The molecule has 0 aromatic carbocycles. The highest BCUT2D eigenvalue weighted by Gasteiger charge is 2.31. The van der Waals surface area contributed by atoms with Crippen LogP contribution in [0.15, 0.2) is 12.3 Å². The molecule has 2 rings (SSSR count). The van der Waals surface area contributed by atoms with E-state index >= 15 is 0 Å². The molecule has 1 aromatic heterocycles. The zero-order valence-corrected chi connectivity index (χ0v) is 13.5. The van der Waals surface area contributed by atoms with E-state index in [0.717, 1.165) is 24.1 Å². The number of hydrogen-bond donors (Lipinski definition) is 0. The van der Waals surface area contributed by atoms with Crippen molar-refractivity contribution in [3.63, 3.8) is 0 Å². The van der Waals surface area contributed by atoms with Gasteiger partial charge in [-0.15, -0.1) is 0 Å². The van der Waals surface area contributed by atoms with Gasteiger partial charge in [0.15, 0.2) is 0 Å². The SMILES string of the molecule is CC(C)c1cc(C(=O)N(C)C2CC2)cnc1C(C)(C)C. The van der Waals surface area contributed by atoms with Gasteiger partial charge < -0.3 is 4.90 Å². The topological polar surface area (TPSA) is 33.2 Å². The van der Waals surface area contributed by atoms with Gasteiger partial charge in [-0.3, -0.25) is 9.78 Å². The third-order valence-corrected chi connectivity index (χ3v) is 3.91. The monoisotopic (exact) mass is 274 g/mol. The molecule has 0 saturated heterocycles. The van der Waals surface area contributed by atoms with E-state index in [1.807, 2.05) is 18.0 Å². The average molecular weight is 274 g/mol. The van der Waals surface area contributed by atoms with Gasteiger partial charge in [0.05, 0.1) is 5.56 Å². The number of pyridine rings is 1. The molecule has 0 N–H and O–H groups in total. The summed E-state index contributed by atoms with van der Waals surface area (Å²) in [4.78, 5) is 18.9. The Morgan fingerprint density at radius 3 is 2.40 bits per heavy atom. The average Bonchev–Trinajstić information content (AvgIpc) is 3.19. The van der Waals surface area contributed by atoms with E-state index < -0.39 is 0 Å². The molecular weight excluding hydrogens is 248 g/mol. The van der Waals surface area contributed by atoms with Gasteiger partial charge in [-0.2, -0.15) is 0 Å². The molecule has 0 bridgehead atoms. The summed E-state index contributed by atoms with van der Waals surface area (Å²) in [5.74, 6) is 0.470. The standard InChI is InChI=1S/C17H26N2O/c1-11(2)14-9-12(10-18-15(14)17(3,4)5)16(20)19(6)13-7-8-13/h9-11,13H,7-8H2,1-6H3. The van der Waals surface area contributed by atoms with Crippen LogP contribution in [0.1, 0.15) is 75.0 Å². The Hall–Kier alpha value is -1.38. The molecule has 3 nitrogen and oxygen atoms in total. The van der Waals surface area contributed by atoms with Gasteiger partial charge in [0.2, 0.25) is 0 Å². The van der Waals surface area contributed by atoms with Gasteiger partial charge in [0.25, 0.3) is 5.91 Å². The minimum Gasteiger partial charge on any atom is -0.339 e. The molecule has 1 fully saturated rings. The predicted molar refractivity (Wildman–Crippen MR) is 82.1 cm³/mol. The molecule has 1 aromatic rings. The largest absolute Gasteiger partial charge is 0.339 e. The maximum atomic E-state index is 12.4. The minimum atomic E-state index is 0.00355. The zero-order chi connectivity index (χ0) is 15.1. The van der Waals surface area contributed by atoms with Crippen LogP contribution in [-0.4, -0.2) is 28.9 Å². The minimum absolute atomic E-state index is 0.00355. The highest BCUT2D eigenvalue weighted by Crippen LogP contribution is 2.31. The van der Waals surface area contributed by atoms with Crippen molar-refractivity contribution in [1.29, 1.82) is 0 Å². The third kappa shape index (κ3) is 3.02. The molecule has 20 heavy (non-hydrogen) atoms. The number of rotatable bonds is 3. The van der Waals surface area contributed by atoms with E-state index in [9.17, 15) is 4.79 Å². The Balaban J connectivity index is 2.37. The smallest absolute Gasteiger partial charge is 0.255 e. The first-order valence-electron chi connectivity index (χ1n) is 7.49. The number of hydrogen-bond acceptors (Lipinski definition) is 2. The number of aromatic nitrogens is 1. The van der Waals surface area contributed by atoms with Gasteiger partial charge in [-0.1, -0.05) is 34.6 Å². The lowest BCUT2D eigenvalue weighted by Gasteiger charge is -2.24. The summed E-state index contributed by atoms with van der Waals surface area (Å²) in [7, 11) is 1.90. The maximum Gasteiger partial charge on any atom is 0.255 e. The lowest BCUT2D eigenvalue weighted by atomic mass is 9.84. The van der Waals surface area contributed by atoms with E-state index in [0.29, 0.717) is 12.0 Å². The third-order valence-electron chi connectivity index (χ3n) is 3.91. The van der Waals surface area contributed by atoms with Crippen LogP contribution in [0, 0.1) is 0 Å². The first kappa shape index (κ1) is 15.0. The fourth-order valence-electron chi connectivity index (χ4n) is 2.50. The predicted octanol–water partition coefficient (Wildman–Crippen LogP) is 3.74. The first-order chi connectivity index (χ1) is 9.21. The molecule has 1 saturated carbocycles. The summed E-state index contributed by atoms with van der Waals surface area (Å²) in [6.45, 7) is 10.8. The van der Waals surface area contributed by atoms with Gasteiger partial charge in [0.1, 0.15) is 0 Å². The van der Waals surface area contributed by atoms with E-state index in [4.69, 9.17) is 0 Å². The molecule has 0 spiro atoms. The highest BCUT2D eigenvalue weighted by atomic mass is 16.2. The Morgan fingerprint density at radius 2 is 1.95 bits per heavy atom. The van der Waals surface area contributed by atoms with Crippen LogP contribution in [0.4, 0.5) is 0 Å². The molecule has 1 heterocycles. The van der Waals surface area contributed by atoms with Crippen molar-refractivity contribution in [3.8, 4) is 0 Å². The van der Waals surface area contributed by atoms with E-state index in [1.165, 1.54) is 5.56 Å². The second kappa shape index (κ2) is 5.19. The quantitative estimate of drug-likeness (QED) is 0.841. The van der Waals surface area contributed by atoms with E-state index in [2.05, 4.69) is 39.6 Å². The number of nitrogens with zero attached hydrogens (tertiary/aromatic N) is 2. The van der Waals surface area contributed by atoms with Gasteiger partial charge in [0, 0.05) is 30.4 Å². The molecule has 110 valence electrons. The van der Waals surface area contributed by atoms with Crippen molar-refractivity contribution in [2.45, 2.75) is 64.8 Å². The maximum absolute atomic E-state index is 12.4. The summed E-state index contributed by atoms with van der Waals surface area (Å²) in [6.07, 6.45) is 4.01. The van der Waals surface area contributed by atoms with Crippen LogP contribution >= 0.6 is 0 Å². The van der Waals surface area contributed by atoms with Crippen LogP contribution in [0.25, 0.3) is 0 Å². The lowest BCUT2D eigenvalue weighted by molar-refractivity contribution is 0.0784. The number of carbonyl (C=O) groups excluding carboxylic acids is 1. The Kier molecular flexibility index (Phi) is 3.90. The zero-order valence-electron chi connectivity index (χ0n) is 13.5. The summed E-state index contributed by atoms with van der Waals surface area (Å²) in [5, 5.41) is 0. The second-order valence-electron chi connectivity index (χ2n) is 7.21. The van der Waals surface area contributed by atoms with Crippen molar-refractivity contribution in [2.75, 3.05) is 7.05 Å². The van der Waals surface area contributed by atoms with Crippen molar-refractivity contribution >= 4 is 5.91 Å². The van der Waals surface area contributed by atoms with Gasteiger partial charge in [-0.25, -0.2) is 0 Å². The Labute approximate surface area is 122 Å². The van der Waals surface area contributed by atoms with Crippen molar-refractivity contribution in [3.05, 3.63) is 29.1 Å². The fourth-order valence-corrected chi connectivity index (χ4v) is 2.50. The van der Waals surface area contributed by atoms with Gasteiger partial charge >= 0.3 is 0 Å². The van der Waals surface area contributed by atoms with E-state index in [-0.39, 0.29) is 11.3 Å². The van der Waals surface area contributed by atoms with Crippen molar-refractivity contribution in [2.24, 2.45) is 0 Å². The molecule has 1 amide bonds. The normalized spacial score (nSPS) is 15.6. The van der Waals surface area contributed by atoms with Crippen LogP contribution < -0.4 is 0 Å². The molecule has 0 radical (unpaired) electrons. The number of amides is 1. The molecule has 0 unspecified atom stereocenters. The molecule has 0 atom stereocenters. The summed E-state index contributed by atoms with van der Waals surface area (Å²) < 4.78 is 0. The molecule has 1 aliphatic rings. The van der Waals surface area contributed by atoms with E-state index in [1.54, 1.807) is 6.20 Å². The van der Waals surface area contributed by atoms with Crippen molar-refractivity contribution in [1.82, 2.24) is 9.88 Å². The molecular formula is C17H26N2O. The fraction of sp³-hybridized carbons (Fsp3) is 0.647. The van der Waals surface area contributed by atoms with Crippen LogP contribution in [0.2, 0.25) is 0 Å². The van der Waals surface area contributed by atoms with Crippen LogP contribution in [0.5, 0.6) is 0 Å². The highest BCUT2D eigenvalue weighted by molar-refractivity contribution is 5.94. The summed E-state index contributed by atoms with van der Waals surface area (Å²) >= 11 is 0. The lowest BCUT2D eigenvalue weighted by Crippen LogP contribution is -2.29. The second-order valence-corrected chi connectivity index (χ2v) is 7.21. The molecule has 0 aliphatic heterocycles. The van der Waals surface area contributed by atoms with Crippen molar-refractivity contribution < 1.29 is 4.79 Å². The Bertz CT molecular complexity index is 510. The summed E-state index contributed by atoms with van der Waals surface area (Å²) in [5.41, 5.74) is 3.01. The molecule has 1 aliphatic carbocycles.